The van der Waals surface area contributed by atoms with Crippen LogP contribution in [0.3, 0.4) is 0 Å². The maximum absolute atomic E-state index is 14.7. The molecule has 24 heavy (non-hydrogen) atoms. The van der Waals surface area contributed by atoms with E-state index in [0.29, 0.717) is 16.7 Å². The minimum atomic E-state index is -1.22. The lowest BCUT2D eigenvalue weighted by molar-refractivity contribution is 0.505. The van der Waals surface area contributed by atoms with Crippen LogP contribution in [0.25, 0.3) is 21.9 Å². The van der Waals surface area contributed by atoms with Crippen molar-refractivity contribution in [3.05, 3.63) is 29.2 Å². The average Bonchev–Trinajstić information content (AvgIpc) is 2.80. The first-order chi connectivity index (χ1) is 11.0. The number of halogens is 3. The van der Waals surface area contributed by atoms with Crippen LogP contribution in [-0.4, -0.2) is 28.9 Å². The van der Waals surface area contributed by atoms with Gasteiger partial charge in [0, 0.05) is 37.3 Å². The Morgan fingerprint density at radius 1 is 1.00 bits per heavy atom. The second-order valence-corrected chi connectivity index (χ2v) is 7.16. The molecule has 0 aliphatic rings. The second-order valence-electron chi connectivity index (χ2n) is 7.16. The molecule has 2 heterocycles. The Hall–Kier alpha value is -2.31. The van der Waals surface area contributed by atoms with Gasteiger partial charge in [-0.1, -0.05) is 20.8 Å². The van der Waals surface area contributed by atoms with Crippen LogP contribution in [0.4, 0.5) is 18.9 Å². The number of aromatic nitrogens is 3. The molecule has 0 bridgehead atoms. The molecule has 0 unspecified atom stereocenters. The Morgan fingerprint density at radius 2 is 1.62 bits per heavy atom. The first-order valence-corrected chi connectivity index (χ1v) is 7.55. The number of hydrogen-bond acceptors (Lipinski definition) is 3. The smallest absolute Gasteiger partial charge is 0.185 e. The molecule has 0 N–H and O–H groups in total. The lowest BCUT2D eigenvalue weighted by Gasteiger charge is -2.17. The molecule has 0 aliphatic heterocycles. The summed E-state index contributed by atoms with van der Waals surface area (Å²) in [5.41, 5.74) is 0.179. The molecular weight excluding hydrogens is 317 g/mol. The molecule has 7 heteroatoms. The van der Waals surface area contributed by atoms with Gasteiger partial charge in [0.2, 0.25) is 0 Å². The Labute approximate surface area is 137 Å². The lowest BCUT2D eigenvalue weighted by atomic mass is 9.90. The second kappa shape index (κ2) is 5.09. The zero-order valence-corrected chi connectivity index (χ0v) is 14.5. The van der Waals surface area contributed by atoms with E-state index in [1.54, 1.807) is 7.05 Å². The van der Waals surface area contributed by atoms with Crippen LogP contribution in [0.2, 0.25) is 0 Å². The largest absolute Gasteiger partial charge is 0.373 e. The molecule has 3 aromatic rings. The Balaban J connectivity index is 2.51. The maximum atomic E-state index is 14.7. The van der Waals surface area contributed by atoms with Gasteiger partial charge in [0.1, 0.15) is 11.2 Å². The SMILES string of the molecule is CN(C)c1c(F)c(F)c2cc3c(C(C)(C)C)nn(C)c3nc2c1F. The van der Waals surface area contributed by atoms with E-state index in [1.165, 1.54) is 29.7 Å². The van der Waals surface area contributed by atoms with Gasteiger partial charge in [0.15, 0.2) is 23.1 Å². The first kappa shape index (κ1) is 16.5. The van der Waals surface area contributed by atoms with Crippen molar-refractivity contribution in [2.45, 2.75) is 26.2 Å². The molecule has 0 radical (unpaired) electrons. The maximum Gasteiger partial charge on any atom is 0.185 e. The summed E-state index contributed by atoms with van der Waals surface area (Å²) in [5.74, 6) is -3.20. The quantitative estimate of drug-likeness (QED) is 0.632. The molecule has 4 nitrogen and oxygen atoms in total. The number of fused-ring (bicyclic) bond motifs is 2. The first-order valence-electron chi connectivity index (χ1n) is 7.55. The van der Waals surface area contributed by atoms with Gasteiger partial charge in [-0.15, -0.1) is 0 Å². The fourth-order valence-corrected chi connectivity index (χ4v) is 2.89. The summed E-state index contributed by atoms with van der Waals surface area (Å²) in [6.07, 6.45) is 0. The Kier molecular flexibility index (Phi) is 3.51. The standard InChI is InChI=1S/C17H19F3N4/c1-17(2,3)15-9-7-8-10(18)11(19)14(23(4)5)12(20)13(8)21-16(9)24(6)22-15/h7H,1-6H3. The van der Waals surface area contributed by atoms with E-state index in [4.69, 9.17) is 0 Å². The predicted molar refractivity (Wildman–Crippen MR) is 88.9 cm³/mol. The van der Waals surface area contributed by atoms with Gasteiger partial charge < -0.3 is 4.90 Å². The molecule has 1 aromatic carbocycles. The van der Waals surface area contributed by atoms with Crippen molar-refractivity contribution in [2.24, 2.45) is 7.05 Å². The number of aryl methyl sites for hydroxylation is 1. The highest BCUT2D eigenvalue weighted by molar-refractivity contribution is 5.95. The van der Waals surface area contributed by atoms with E-state index in [2.05, 4.69) is 10.1 Å². The highest BCUT2D eigenvalue weighted by Crippen LogP contribution is 2.35. The van der Waals surface area contributed by atoms with Crippen LogP contribution in [-0.2, 0) is 12.5 Å². The molecule has 0 fully saturated rings. The highest BCUT2D eigenvalue weighted by atomic mass is 19.2. The van der Waals surface area contributed by atoms with Crippen LogP contribution >= 0.6 is 0 Å². The third-order valence-corrected chi connectivity index (χ3v) is 4.02. The van der Waals surface area contributed by atoms with Crippen LogP contribution in [0.15, 0.2) is 6.07 Å². The minimum Gasteiger partial charge on any atom is -0.373 e. The summed E-state index contributed by atoms with van der Waals surface area (Å²) in [7, 11) is 4.60. The van der Waals surface area contributed by atoms with Gasteiger partial charge in [0.25, 0.3) is 0 Å². The normalized spacial score (nSPS) is 12.4. The summed E-state index contributed by atoms with van der Waals surface area (Å²) in [5, 5.41) is 4.84. The van der Waals surface area contributed by atoms with Gasteiger partial charge in [-0.2, -0.15) is 5.10 Å². The molecule has 0 aliphatic carbocycles. The minimum absolute atomic E-state index is 0.179. The Bertz CT molecular complexity index is 968. The van der Waals surface area contributed by atoms with Crippen LogP contribution in [0.5, 0.6) is 0 Å². The summed E-state index contributed by atoms with van der Waals surface area (Å²) in [4.78, 5) is 5.45. The molecule has 0 amide bonds. The number of anilines is 1. The van der Waals surface area contributed by atoms with Crippen LogP contribution in [0.1, 0.15) is 26.5 Å². The highest BCUT2D eigenvalue weighted by Gasteiger charge is 2.27. The van der Waals surface area contributed by atoms with Crippen molar-refractivity contribution in [1.29, 1.82) is 0 Å². The molecule has 128 valence electrons. The van der Waals surface area contributed by atoms with Crippen molar-refractivity contribution < 1.29 is 13.2 Å². The number of pyridine rings is 1. The summed E-state index contributed by atoms with van der Waals surface area (Å²) >= 11 is 0. The zero-order valence-electron chi connectivity index (χ0n) is 14.5. The fourth-order valence-electron chi connectivity index (χ4n) is 2.89. The summed E-state index contributed by atoms with van der Waals surface area (Å²) < 4.78 is 45.1. The van der Waals surface area contributed by atoms with Crippen LogP contribution < -0.4 is 4.90 Å². The van der Waals surface area contributed by atoms with Crippen molar-refractivity contribution in [3.8, 4) is 0 Å². The lowest BCUT2D eigenvalue weighted by Crippen LogP contribution is -2.15. The average molecular weight is 336 g/mol. The third kappa shape index (κ3) is 2.22. The third-order valence-electron chi connectivity index (χ3n) is 4.02. The Morgan fingerprint density at radius 3 is 2.17 bits per heavy atom. The molecule has 0 saturated heterocycles. The number of benzene rings is 1. The number of nitrogens with zero attached hydrogens (tertiary/aromatic N) is 4. The molecule has 3 rings (SSSR count). The van der Waals surface area contributed by atoms with E-state index < -0.39 is 23.1 Å². The van der Waals surface area contributed by atoms with Gasteiger partial charge >= 0.3 is 0 Å². The number of hydrogen-bond donors (Lipinski definition) is 0. The molecule has 0 atom stereocenters. The topological polar surface area (TPSA) is 34.0 Å². The predicted octanol–water partition coefficient (Wildman–Crippen LogP) is 3.90. The van der Waals surface area contributed by atoms with Crippen molar-refractivity contribution in [2.75, 3.05) is 19.0 Å². The van der Waals surface area contributed by atoms with Gasteiger partial charge in [-0.05, 0) is 6.07 Å². The van der Waals surface area contributed by atoms with Crippen molar-refractivity contribution in [3.63, 3.8) is 0 Å². The summed E-state index contributed by atoms with van der Waals surface area (Å²) in [6.45, 7) is 5.89. The summed E-state index contributed by atoms with van der Waals surface area (Å²) in [6, 6.07) is 1.44. The molecule has 0 spiro atoms. The number of rotatable bonds is 1. The van der Waals surface area contributed by atoms with Gasteiger partial charge in [0.05, 0.1) is 5.69 Å². The van der Waals surface area contributed by atoms with E-state index in [1.807, 2.05) is 20.8 Å². The monoisotopic (exact) mass is 336 g/mol. The van der Waals surface area contributed by atoms with E-state index in [0.717, 1.165) is 0 Å². The van der Waals surface area contributed by atoms with Gasteiger partial charge in [-0.25, -0.2) is 18.2 Å². The van der Waals surface area contributed by atoms with Crippen LogP contribution in [0, 0.1) is 17.5 Å². The van der Waals surface area contributed by atoms with Crippen molar-refractivity contribution >= 4 is 27.6 Å². The van der Waals surface area contributed by atoms with E-state index in [-0.39, 0.29) is 16.3 Å². The van der Waals surface area contributed by atoms with Crippen molar-refractivity contribution in [1.82, 2.24) is 14.8 Å². The van der Waals surface area contributed by atoms with Gasteiger partial charge in [-0.3, -0.25) is 4.68 Å². The zero-order chi connectivity index (χ0) is 18.0. The fraction of sp³-hybridized carbons (Fsp3) is 0.412. The van der Waals surface area contributed by atoms with E-state index >= 15 is 0 Å². The molecule has 0 saturated carbocycles. The molecular formula is C17H19F3N4. The van der Waals surface area contributed by atoms with E-state index in [9.17, 15) is 13.2 Å². The molecule has 2 aromatic heterocycles.